The lowest BCUT2D eigenvalue weighted by molar-refractivity contribution is -0.147. The Balaban J connectivity index is 0.00000280. The Hall–Kier alpha value is -1.20. The van der Waals surface area contributed by atoms with Gasteiger partial charge in [0, 0.05) is 58.7 Å². The van der Waals surface area contributed by atoms with Crippen LogP contribution in [0.4, 0.5) is 0 Å². The predicted octanol–water partition coefficient (Wildman–Crippen LogP) is 2.03. The predicted molar refractivity (Wildman–Crippen MR) is 123 cm³/mol. The molecule has 0 saturated carbocycles. The number of guanidine groups is 1. The van der Waals surface area contributed by atoms with E-state index in [1.54, 1.807) is 18.4 Å². The summed E-state index contributed by atoms with van der Waals surface area (Å²) in [5, 5.41) is 11.0. The molecule has 9 heteroatoms. The van der Waals surface area contributed by atoms with Gasteiger partial charge in [0.25, 0.3) is 0 Å². The summed E-state index contributed by atoms with van der Waals surface area (Å²) in [5.74, 6) is 0.617. The van der Waals surface area contributed by atoms with E-state index in [0.717, 1.165) is 38.4 Å². The molecule has 7 nitrogen and oxygen atoms in total. The second-order valence-corrected chi connectivity index (χ2v) is 7.90. The molecule has 2 saturated heterocycles. The molecule has 0 aliphatic carbocycles. The first-order chi connectivity index (χ1) is 13.2. The van der Waals surface area contributed by atoms with Crippen molar-refractivity contribution in [3.63, 3.8) is 0 Å². The number of aliphatic imine (C=N–C) groups is 1. The summed E-state index contributed by atoms with van der Waals surface area (Å²) in [6, 6.07) is 2.59. The molecular weight excluding hydrogens is 489 g/mol. The number of carbonyl (C=O) groups excluding carboxylic acids is 2. The maximum Gasteiger partial charge on any atom is 0.229 e. The zero-order chi connectivity index (χ0) is 19.1. The summed E-state index contributed by atoms with van der Waals surface area (Å²) in [6.45, 7) is 4.09. The molecular formula is C19H30IN5O2S. The number of rotatable bonds is 6. The zero-order valence-corrected chi connectivity index (χ0v) is 19.5. The lowest BCUT2D eigenvalue weighted by atomic mass is 10.0. The van der Waals surface area contributed by atoms with Crippen LogP contribution in [-0.4, -0.2) is 66.8 Å². The SMILES string of the molecule is CN=C(NCCN1C(=O)CCCC1=O)NC1CCN(Cc2ccsc2)CC1.I. The first-order valence-electron chi connectivity index (χ1n) is 9.69. The fourth-order valence-electron chi connectivity index (χ4n) is 3.60. The van der Waals surface area contributed by atoms with Crippen LogP contribution in [-0.2, 0) is 16.1 Å². The van der Waals surface area contributed by atoms with Gasteiger partial charge >= 0.3 is 0 Å². The Morgan fingerprint density at radius 3 is 2.57 bits per heavy atom. The van der Waals surface area contributed by atoms with Gasteiger partial charge in [0.15, 0.2) is 5.96 Å². The van der Waals surface area contributed by atoms with E-state index in [2.05, 4.69) is 37.4 Å². The monoisotopic (exact) mass is 519 g/mol. The molecule has 0 atom stereocenters. The quantitative estimate of drug-likeness (QED) is 0.261. The van der Waals surface area contributed by atoms with Gasteiger partial charge in [-0.1, -0.05) is 0 Å². The number of piperidine rings is 2. The molecule has 0 spiro atoms. The van der Waals surface area contributed by atoms with Gasteiger partial charge in [-0.15, -0.1) is 24.0 Å². The molecule has 0 unspecified atom stereocenters. The van der Waals surface area contributed by atoms with Crippen LogP contribution < -0.4 is 10.6 Å². The Bertz CT molecular complexity index is 643. The summed E-state index contributed by atoms with van der Waals surface area (Å²) in [5.41, 5.74) is 1.39. The largest absolute Gasteiger partial charge is 0.355 e. The van der Waals surface area contributed by atoms with Crippen molar-refractivity contribution < 1.29 is 9.59 Å². The maximum atomic E-state index is 11.8. The van der Waals surface area contributed by atoms with Crippen molar-refractivity contribution in [3.05, 3.63) is 22.4 Å². The third-order valence-corrected chi connectivity index (χ3v) is 5.88. The zero-order valence-electron chi connectivity index (χ0n) is 16.4. The number of carbonyl (C=O) groups is 2. The molecule has 3 heterocycles. The summed E-state index contributed by atoms with van der Waals surface area (Å²) < 4.78 is 0. The number of thiophene rings is 1. The molecule has 2 fully saturated rings. The van der Waals surface area contributed by atoms with Crippen molar-refractivity contribution in [2.45, 2.75) is 44.7 Å². The molecule has 2 aliphatic rings. The number of amides is 2. The van der Waals surface area contributed by atoms with E-state index in [9.17, 15) is 9.59 Å². The van der Waals surface area contributed by atoms with E-state index in [0.29, 0.717) is 38.4 Å². The summed E-state index contributed by atoms with van der Waals surface area (Å²) >= 11 is 1.75. The highest BCUT2D eigenvalue weighted by Gasteiger charge is 2.25. The minimum Gasteiger partial charge on any atom is -0.355 e. The molecule has 28 heavy (non-hydrogen) atoms. The van der Waals surface area contributed by atoms with E-state index in [1.807, 2.05) is 0 Å². The van der Waals surface area contributed by atoms with Crippen LogP contribution >= 0.6 is 35.3 Å². The first kappa shape index (κ1) is 23.1. The van der Waals surface area contributed by atoms with Gasteiger partial charge in [-0.25, -0.2) is 0 Å². The van der Waals surface area contributed by atoms with Gasteiger partial charge in [0.2, 0.25) is 11.8 Å². The Labute approximate surface area is 188 Å². The molecule has 2 aliphatic heterocycles. The average Bonchev–Trinajstić information content (AvgIpc) is 3.17. The van der Waals surface area contributed by atoms with Gasteiger partial charge in [-0.05, 0) is 41.7 Å². The van der Waals surface area contributed by atoms with Crippen molar-refractivity contribution in [3.8, 4) is 0 Å². The summed E-state index contributed by atoms with van der Waals surface area (Å²) in [6.07, 6.45) is 3.78. The van der Waals surface area contributed by atoms with Crippen molar-refractivity contribution in [2.75, 3.05) is 33.2 Å². The van der Waals surface area contributed by atoms with Crippen LogP contribution in [0.5, 0.6) is 0 Å². The minimum atomic E-state index is -0.0611. The molecule has 156 valence electrons. The lowest BCUT2D eigenvalue weighted by Gasteiger charge is -2.33. The number of likely N-dealkylation sites (tertiary alicyclic amines) is 2. The lowest BCUT2D eigenvalue weighted by Crippen LogP contribution is -2.50. The maximum absolute atomic E-state index is 11.8. The molecule has 0 aromatic carbocycles. The van der Waals surface area contributed by atoms with Gasteiger partial charge in [0.1, 0.15) is 0 Å². The molecule has 0 radical (unpaired) electrons. The Morgan fingerprint density at radius 1 is 1.25 bits per heavy atom. The summed E-state index contributed by atoms with van der Waals surface area (Å²) in [7, 11) is 1.75. The van der Waals surface area contributed by atoms with Crippen molar-refractivity contribution in [1.29, 1.82) is 0 Å². The number of hydrogen-bond acceptors (Lipinski definition) is 5. The molecule has 1 aromatic rings. The topological polar surface area (TPSA) is 77.0 Å². The number of imide groups is 1. The first-order valence-corrected chi connectivity index (χ1v) is 10.6. The third-order valence-electron chi connectivity index (χ3n) is 5.15. The van der Waals surface area contributed by atoms with Crippen molar-refractivity contribution in [2.24, 2.45) is 4.99 Å². The van der Waals surface area contributed by atoms with Crippen LogP contribution in [0, 0.1) is 0 Å². The van der Waals surface area contributed by atoms with Gasteiger partial charge in [-0.2, -0.15) is 11.3 Å². The van der Waals surface area contributed by atoms with E-state index in [1.165, 1.54) is 10.5 Å². The highest BCUT2D eigenvalue weighted by atomic mass is 127. The smallest absolute Gasteiger partial charge is 0.229 e. The van der Waals surface area contributed by atoms with E-state index in [-0.39, 0.29) is 35.8 Å². The van der Waals surface area contributed by atoms with Crippen LogP contribution in [0.2, 0.25) is 0 Å². The van der Waals surface area contributed by atoms with Crippen LogP contribution in [0.3, 0.4) is 0 Å². The van der Waals surface area contributed by atoms with Crippen molar-refractivity contribution in [1.82, 2.24) is 20.4 Å². The van der Waals surface area contributed by atoms with Crippen molar-refractivity contribution >= 4 is 53.1 Å². The van der Waals surface area contributed by atoms with Gasteiger partial charge in [-0.3, -0.25) is 24.4 Å². The number of nitrogens with one attached hydrogen (secondary N) is 2. The highest BCUT2D eigenvalue weighted by Crippen LogP contribution is 2.15. The standard InChI is InChI=1S/C19H29N5O2S.HI/c1-20-19(21-8-11-24-17(25)3-2-4-18(24)26)22-16-5-9-23(10-6-16)13-15-7-12-27-14-15;/h7,12,14,16H,2-6,8-11,13H2,1H3,(H2,20,21,22);1H. The van der Waals surface area contributed by atoms with Crippen LogP contribution in [0.25, 0.3) is 0 Å². The van der Waals surface area contributed by atoms with E-state index in [4.69, 9.17) is 0 Å². The number of halogens is 1. The normalized spacial score (nSPS) is 19.5. The molecule has 3 rings (SSSR count). The Kier molecular flexibility index (Phi) is 9.66. The van der Waals surface area contributed by atoms with Crippen LogP contribution in [0.15, 0.2) is 21.8 Å². The number of nitrogens with zero attached hydrogens (tertiary/aromatic N) is 3. The molecule has 1 aromatic heterocycles. The average molecular weight is 519 g/mol. The van der Waals surface area contributed by atoms with E-state index < -0.39 is 0 Å². The second kappa shape index (κ2) is 11.7. The minimum absolute atomic E-state index is 0. The molecule has 2 N–H and O–H groups in total. The number of hydrogen-bond donors (Lipinski definition) is 2. The molecule has 0 bridgehead atoms. The third kappa shape index (κ3) is 6.70. The van der Waals surface area contributed by atoms with Crippen LogP contribution in [0.1, 0.15) is 37.7 Å². The molecule has 2 amide bonds. The Morgan fingerprint density at radius 2 is 1.96 bits per heavy atom. The van der Waals surface area contributed by atoms with E-state index >= 15 is 0 Å². The van der Waals surface area contributed by atoms with Gasteiger partial charge < -0.3 is 10.6 Å². The fraction of sp³-hybridized carbons (Fsp3) is 0.632. The second-order valence-electron chi connectivity index (χ2n) is 7.12. The van der Waals surface area contributed by atoms with Gasteiger partial charge in [0.05, 0.1) is 0 Å². The fourth-order valence-corrected chi connectivity index (χ4v) is 4.26. The summed E-state index contributed by atoms with van der Waals surface area (Å²) in [4.78, 5) is 31.8. The highest BCUT2D eigenvalue weighted by molar-refractivity contribution is 14.0.